The molecule has 8 heteroatoms. The highest BCUT2D eigenvalue weighted by atomic mass is 35.5. The van der Waals surface area contributed by atoms with Crippen molar-refractivity contribution < 1.29 is 23.7 Å². The maximum atomic E-state index is 13.2. The number of ether oxygens (including phenoxy) is 4. The van der Waals surface area contributed by atoms with Crippen LogP contribution in [0.3, 0.4) is 0 Å². The van der Waals surface area contributed by atoms with Crippen molar-refractivity contribution in [3.8, 4) is 17.2 Å². The molecule has 1 fully saturated rings. The van der Waals surface area contributed by atoms with E-state index in [1.165, 1.54) is 0 Å². The average Bonchev–Trinajstić information content (AvgIpc) is 2.95. The smallest absolute Gasteiger partial charge is 0.257 e. The van der Waals surface area contributed by atoms with Crippen molar-refractivity contribution in [2.75, 3.05) is 54.1 Å². The molecule has 0 saturated carbocycles. The van der Waals surface area contributed by atoms with Crippen LogP contribution in [-0.4, -0.2) is 69.8 Å². The summed E-state index contributed by atoms with van der Waals surface area (Å²) in [5, 5.41) is 0.691. The largest absolute Gasteiger partial charge is 0.497 e. The van der Waals surface area contributed by atoms with E-state index in [9.17, 15) is 4.79 Å². The molecule has 0 bridgehead atoms. The van der Waals surface area contributed by atoms with Gasteiger partial charge in [0.15, 0.2) is 0 Å². The first-order chi connectivity index (χ1) is 18.0. The summed E-state index contributed by atoms with van der Waals surface area (Å²) in [7, 11) is 4.81. The second-order valence-electron chi connectivity index (χ2n) is 8.86. The number of benzene rings is 3. The Morgan fingerprint density at radius 1 is 0.865 bits per heavy atom. The topological polar surface area (TPSA) is 60.5 Å². The molecule has 0 unspecified atom stereocenters. The third-order valence-electron chi connectivity index (χ3n) is 6.55. The normalized spacial score (nSPS) is 14.8. The summed E-state index contributed by atoms with van der Waals surface area (Å²) in [5.41, 5.74) is 2.65. The molecule has 4 rings (SSSR count). The lowest BCUT2D eigenvalue weighted by molar-refractivity contribution is 0.00335. The van der Waals surface area contributed by atoms with Gasteiger partial charge in [-0.15, -0.1) is 0 Å². The first-order valence-corrected chi connectivity index (χ1v) is 12.6. The first-order valence-electron chi connectivity index (χ1n) is 12.2. The van der Waals surface area contributed by atoms with Crippen molar-refractivity contribution in [1.29, 1.82) is 0 Å². The van der Waals surface area contributed by atoms with Gasteiger partial charge in [0, 0.05) is 43.8 Å². The van der Waals surface area contributed by atoms with Crippen molar-refractivity contribution in [2.24, 2.45) is 0 Å². The Hall–Kier alpha value is -3.26. The molecule has 1 aliphatic heterocycles. The summed E-state index contributed by atoms with van der Waals surface area (Å²) in [6, 6.07) is 21.0. The Bertz CT molecular complexity index is 1180. The van der Waals surface area contributed by atoms with Crippen molar-refractivity contribution in [1.82, 2.24) is 9.80 Å². The van der Waals surface area contributed by atoms with Gasteiger partial charge >= 0.3 is 0 Å². The zero-order chi connectivity index (χ0) is 26.2. The van der Waals surface area contributed by atoms with E-state index in [0.717, 1.165) is 30.0 Å². The quantitative estimate of drug-likeness (QED) is 0.368. The zero-order valence-corrected chi connectivity index (χ0v) is 22.2. The molecule has 1 aliphatic rings. The summed E-state index contributed by atoms with van der Waals surface area (Å²) in [6.45, 7) is 3.90. The number of carbonyl (C=O) groups excluding carboxylic acids is 1. The molecule has 1 atom stereocenters. The summed E-state index contributed by atoms with van der Waals surface area (Å²) in [6.07, 6.45) is -0.146. The van der Waals surface area contributed by atoms with Gasteiger partial charge in [-0.2, -0.15) is 0 Å². The predicted molar refractivity (Wildman–Crippen MR) is 144 cm³/mol. The highest BCUT2D eigenvalue weighted by Crippen LogP contribution is 2.27. The number of hydrogen-bond donors (Lipinski definition) is 0. The molecule has 1 saturated heterocycles. The van der Waals surface area contributed by atoms with Crippen molar-refractivity contribution in [2.45, 2.75) is 12.7 Å². The molecule has 1 heterocycles. The lowest BCUT2D eigenvalue weighted by atomic mass is 10.1. The monoisotopic (exact) mass is 524 g/mol. The van der Waals surface area contributed by atoms with E-state index in [4.69, 9.17) is 30.5 Å². The van der Waals surface area contributed by atoms with Gasteiger partial charge in [0.2, 0.25) is 0 Å². The third-order valence-corrected chi connectivity index (χ3v) is 6.80. The standard InChI is InChI=1S/C29H33ClN2O5/c1-34-24-6-4-5-21(17-24)20-37-28(22-7-9-23(30)10-8-22)19-31-13-15-32(16-14-31)29(33)26-12-11-25(35-2)18-27(26)36-3/h4-12,17-18,28H,13-16,19-20H2,1-3H3/t28-/m1/s1. The molecule has 0 spiro atoms. The SMILES string of the molecule is COc1cccc(CO[C@H](CN2CCN(C(=O)c3ccc(OC)cc3OC)CC2)c2ccc(Cl)cc2)c1. The zero-order valence-electron chi connectivity index (χ0n) is 21.5. The molecule has 0 aliphatic carbocycles. The summed E-state index contributed by atoms with van der Waals surface area (Å²) < 4.78 is 22.4. The number of nitrogens with zero attached hydrogens (tertiary/aromatic N) is 2. The van der Waals surface area contributed by atoms with Gasteiger partial charge in [0.25, 0.3) is 5.91 Å². The van der Waals surface area contributed by atoms with Crippen LogP contribution < -0.4 is 14.2 Å². The Morgan fingerprint density at radius 3 is 2.24 bits per heavy atom. The van der Waals surface area contributed by atoms with Crippen molar-refractivity contribution in [3.63, 3.8) is 0 Å². The molecule has 0 aromatic heterocycles. The molecule has 3 aromatic carbocycles. The van der Waals surface area contributed by atoms with Gasteiger partial charge < -0.3 is 23.8 Å². The van der Waals surface area contributed by atoms with Crippen LogP contribution in [0.15, 0.2) is 66.7 Å². The van der Waals surface area contributed by atoms with Crippen LogP contribution >= 0.6 is 11.6 Å². The average molecular weight is 525 g/mol. The van der Waals surface area contributed by atoms with Gasteiger partial charge in [0.05, 0.1) is 39.6 Å². The van der Waals surface area contributed by atoms with Gasteiger partial charge in [-0.05, 0) is 47.5 Å². The molecular formula is C29H33ClN2O5. The lowest BCUT2D eigenvalue weighted by Gasteiger charge is -2.36. The van der Waals surface area contributed by atoms with Crippen molar-refractivity contribution >= 4 is 17.5 Å². The molecule has 37 heavy (non-hydrogen) atoms. The van der Waals surface area contributed by atoms with E-state index in [1.54, 1.807) is 39.5 Å². The van der Waals surface area contributed by atoms with Gasteiger partial charge in [-0.3, -0.25) is 9.69 Å². The van der Waals surface area contributed by atoms with Gasteiger partial charge in [-0.1, -0.05) is 35.9 Å². The van der Waals surface area contributed by atoms with Crippen molar-refractivity contribution in [3.05, 3.63) is 88.4 Å². The van der Waals surface area contributed by atoms with Crippen LogP contribution in [0.1, 0.15) is 27.6 Å². The van der Waals surface area contributed by atoms with Crippen LogP contribution in [0.4, 0.5) is 0 Å². The van der Waals surface area contributed by atoms with E-state index in [2.05, 4.69) is 4.90 Å². The number of methoxy groups -OCH3 is 3. The number of rotatable bonds is 10. The van der Waals surface area contributed by atoms with E-state index in [-0.39, 0.29) is 12.0 Å². The Kier molecular flexibility index (Phi) is 9.28. The number of halogens is 1. The van der Waals surface area contributed by atoms with Crippen LogP contribution in [0.5, 0.6) is 17.2 Å². The Balaban J connectivity index is 1.40. The number of carbonyl (C=O) groups is 1. The number of hydrogen-bond acceptors (Lipinski definition) is 6. The number of piperazine rings is 1. The molecule has 196 valence electrons. The minimum absolute atomic E-state index is 0.0392. The second kappa shape index (κ2) is 12.8. The van der Waals surface area contributed by atoms with Crippen LogP contribution in [0.25, 0.3) is 0 Å². The second-order valence-corrected chi connectivity index (χ2v) is 9.30. The van der Waals surface area contributed by atoms with Crippen LogP contribution in [0.2, 0.25) is 5.02 Å². The van der Waals surface area contributed by atoms with E-state index in [1.807, 2.05) is 53.4 Å². The van der Waals surface area contributed by atoms with Crippen LogP contribution in [-0.2, 0) is 11.3 Å². The molecule has 0 radical (unpaired) electrons. The molecular weight excluding hydrogens is 492 g/mol. The Labute approximate surface area is 223 Å². The van der Waals surface area contributed by atoms with Crippen LogP contribution in [0, 0.1) is 0 Å². The van der Waals surface area contributed by atoms with E-state index < -0.39 is 0 Å². The fourth-order valence-electron chi connectivity index (χ4n) is 4.40. The van der Waals surface area contributed by atoms with E-state index in [0.29, 0.717) is 48.3 Å². The predicted octanol–water partition coefficient (Wildman–Crippen LogP) is 5.08. The maximum Gasteiger partial charge on any atom is 0.257 e. The van der Waals surface area contributed by atoms with E-state index >= 15 is 0 Å². The molecule has 7 nitrogen and oxygen atoms in total. The molecule has 1 amide bonds. The minimum atomic E-state index is -0.146. The highest BCUT2D eigenvalue weighted by Gasteiger charge is 2.26. The third kappa shape index (κ3) is 6.95. The molecule has 3 aromatic rings. The molecule has 0 N–H and O–H groups in total. The Morgan fingerprint density at radius 2 is 1.57 bits per heavy atom. The van der Waals surface area contributed by atoms with Gasteiger partial charge in [0.1, 0.15) is 17.2 Å². The summed E-state index contributed by atoms with van der Waals surface area (Å²) >= 11 is 6.13. The summed E-state index contributed by atoms with van der Waals surface area (Å²) in [5.74, 6) is 1.93. The first kappa shape index (κ1) is 26.8. The summed E-state index contributed by atoms with van der Waals surface area (Å²) in [4.78, 5) is 17.4. The minimum Gasteiger partial charge on any atom is -0.497 e. The lowest BCUT2D eigenvalue weighted by Crippen LogP contribution is -2.49. The highest BCUT2D eigenvalue weighted by molar-refractivity contribution is 6.30. The fourth-order valence-corrected chi connectivity index (χ4v) is 4.53. The maximum absolute atomic E-state index is 13.2. The number of amides is 1. The van der Waals surface area contributed by atoms with Gasteiger partial charge in [-0.25, -0.2) is 0 Å². The fraction of sp³-hybridized carbons (Fsp3) is 0.345.